The van der Waals surface area contributed by atoms with Gasteiger partial charge in [0.15, 0.2) is 0 Å². The maximum Gasteiger partial charge on any atom is 0.339 e. The number of fused-ring (bicyclic) bond motifs is 1. The van der Waals surface area contributed by atoms with Crippen molar-refractivity contribution in [1.29, 1.82) is 0 Å². The Morgan fingerprint density at radius 1 is 1.30 bits per heavy atom. The minimum Gasteiger partial charge on any atom is -0.466 e. The molecule has 0 unspecified atom stereocenters. The minimum atomic E-state index is -0.315. The zero-order chi connectivity index (χ0) is 14.5. The summed E-state index contributed by atoms with van der Waals surface area (Å²) in [6, 6.07) is 7.47. The zero-order valence-electron chi connectivity index (χ0n) is 11.8. The van der Waals surface area contributed by atoms with Crippen LogP contribution in [0.5, 0.6) is 0 Å². The van der Waals surface area contributed by atoms with Crippen LogP contribution in [-0.4, -0.2) is 12.6 Å². The lowest BCUT2D eigenvalue weighted by Gasteiger charge is -2.07. The summed E-state index contributed by atoms with van der Waals surface area (Å²) >= 11 is 0. The van der Waals surface area contributed by atoms with Crippen LogP contribution in [0.15, 0.2) is 33.5 Å². The number of ether oxygens (including phenoxy) is 1. The third-order valence-electron chi connectivity index (χ3n) is 3.31. The Balaban J connectivity index is 2.18. The first-order valence-corrected chi connectivity index (χ1v) is 6.80. The Bertz CT molecular complexity index is 670. The molecule has 2 aromatic rings. The standard InChI is InChI=1S/C16H18O4/c1-3-19-15(17)10-6-8-13-11(2)12-7-4-5-9-14(12)20-16(13)18/h4-5,7,9H,3,6,8,10H2,1-2H3. The second-order valence-electron chi connectivity index (χ2n) is 4.65. The van der Waals surface area contributed by atoms with E-state index >= 15 is 0 Å². The number of hydrogen-bond acceptors (Lipinski definition) is 4. The highest BCUT2D eigenvalue weighted by Crippen LogP contribution is 2.19. The number of rotatable bonds is 5. The van der Waals surface area contributed by atoms with Gasteiger partial charge in [0.1, 0.15) is 5.58 Å². The lowest BCUT2D eigenvalue weighted by atomic mass is 10.0. The van der Waals surface area contributed by atoms with Crippen molar-refractivity contribution < 1.29 is 13.9 Å². The summed E-state index contributed by atoms with van der Waals surface area (Å²) in [6.45, 7) is 4.08. The summed E-state index contributed by atoms with van der Waals surface area (Å²) in [5.74, 6) is -0.227. The molecule has 4 heteroatoms. The second kappa shape index (κ2) is 6.37. The molecular weight excluding hydrogens is 256 g/mol. The van der Waals surface area contributed by atoms with Gasteiger partial charge in [-0.25, -0.2) is 4.79 Å². The monoisotopic (exact) mass is 274 g/mol. The van der Waals surface area contributed by atoms with Crippen LogP contribution in [0.3, 0.4) is 0 Å². The van der Waals surface area contributed by atoms with E-state index in [4.69, 9.17) is 9.15 Å². The molecule has 4 nitrogen and oxygen atoms in total. The number of aryl methyl sites for hydroxylation is 1. The molecule has 0 saturated heterocycles. The maximum absolute atomic E-state index is 12.0. The van der Waals surface area contributed by atoms with Gasteiger partial charge in [0, 0.05) is 17.4 Å². The minimum absolute atomic E-state index is 0.227. The van der Waals surface area contributed by atoms with Gasteiger partial charge in [-0.2, -0.15) is 0 Å². The summed E-state index contributed by atoms with van der Waals surface area (Å²) < 4.78 is 10.2. The number of para-hydroxylation sites is 1. The normalized spacial score (nSPS) is 10.7. The Labute approximate surface area is 117 Å². The van der Waals surface area contributed by atoms with E-state index in [1.807, 2.05) is 25.1 Å². The van der Waals surface area contributed by atoms with Crippen molar-refractivity contribution in [3.63, 3.8) is 0 Å². The molecule has 0 amide bonds. The molecule has 0 aliphatic carbocycles. The highest BCUT2D eigenvalue weighted by Gasteiger charge is 2.11. The molecule has 2 rings (SSSR count). The molecule has 106 valence electrons. The Kier molecular flexibility index (Phi) is 4.56. The third-order valence-corrected chi connectivity index (χ3v) is 3.31. The summed E-state index contributed by atoms with van der Waals surface area (Å²) in [5, 5.41) is 0.943. The SMILES string of the molecule is CCOC(=O)CCCc1c(C)c2ccccc2oc1=O. The molecule has 0 bridgehead atoms. The summed E-state index contributed by atoms with van der Waals surface area (Å²) in [7, 11) is 0. The first kappa shape index (κ1) is 14.3. The summed E-state index contributed by atoms with van der Waals surface area (Å²) in [4.78, 5) is 23.3. The number of carbonyl (C=O) groups is 1. The van der Waals surface area contributed by atoms with Crippen molar-refractivity contribution in [2.45, 2.75) is 33.1 Å². The third kappa shape index (κ3) is 3.07. The lowest BCUT2D eigenvalue weighted by Crippen LogP contribution is -2.11. The second-order valence-corrected chi connectivity index (χ2v) is 4.65. The van der Waals surface area contributed by atoms with Crippen LogP contribution in [0.25, 0.3) is 11.0 Å². The molecule has 0 saturated carbocycles. The molecule has 0 fully saturated rings. The van der Waals surface area contributed by atoms with Gasteiger partial charge in [0.2, 0.25) is 0 Å². The Morgan fingerprint density at radius 3 is 2.80 bits per heavy atom. The predicted molar refractivity (Wildman–Crippen MR) is 76.8 cm³/mol. The molecule has 0 aliphatic heterocycles. The Hall–Kier alpha value is -2.10. The van der Waals surface area contributed by atoms with Crippen LogP contribution in [0.4, 0.5) is 0 Å². The number of benzene rings is 1. The van der Waals surface area contributed by atoms with E-state index in [1.54, 1.807) is 13.0 Å². The van der Waals surface area contributed by atoms with E-state index in [0.717, 1.165) is 10.9 Å². The van der Waals surface area contributed by atoms with Crippen LogP contribution >= 0.6 is 0 Å². The van der Waals surface area contributed by atoms with E-state index in [0.29, 0.717) is 37.0 Å². The molecule has 1 aromatic heterocycles. The van der Waals surface area contributed by atoms with Gasteiger partial charge in [0.05, 0.1) is 6.61 Å². The largest absolute Gasteiger partial charge is 0.466 e. The number of carbonyl (C=O) groups excluding carboxylic acids is 1. The van der Waals surface area contributed by atoms with E-state index in [9.17, 15) is 9.59 Å². The highest BCUT2D eigenvalue weighted by molar-refractivity contribution is 5.80. The molecule has 1 heterocycles. The van der Waals surface area contributed by atoms with Crippen molar-refractivity contribution >= 4 is 16.9 Å². The van der Waals surface area contributed by atoms with Crippen molar-refractivity contribution in [1.82, 2.24) is 0 Å². The van der Waals surface area contributed by atoms with Crippen LogP contribution in [0.2, 0.25) is 0 Å². The highest BCUT2D eigenvalue weighted by atomic mass is 16.5. The van der Waals surface area contributed by atoms with Gasteiger partial charge in [0.25, 0.3) is 0 Å². The first-order chi connectivity index (χ1) is 9.63. The number of esters is 1. The molecular formula is C16H18O4. The summed E-state index contributed by atoms with van der Waals surface area (Å²) in [5.41, 5.74) is 1.86. The molecule has 0 N–H and O–H groups in total. The molecule has 20 heavy (non-hydrogen) atoms. The average Bonchev–Trinajstić information content (AvgIpc) is 2.43. The van der Waals surface area contributed by atoms with Crippen molar-refractivity contribution in [2.75, 3.05) is 6.61 Å². The molecule has 0 atom stereocenters. The fourth-order valence-corrected chi connectivity index (χ4v) is 2.27. The predicted octanol–water partition coefficient (Wildman–Crippen LogP) is 2.99. The fraction of sp³-hybridized carbons (Fsp3) is 0.375. The van der Waals surface area contributed by atoms with Crippen LogP contribution < -0.4 is 5.63 Å². The lowest BCUT2D eigenvalue weighted by molar-refractivity contribution is -0.143. The van der Waals surface area contributed by atoms with Gasteiger partial charge in [-0.15, -0.1) is 0 Å². The topological polar surface area (TPSA) is 56.5 Å². The van der Waals surface area contributed by atoms with E-state index in [-0.39, 0.29) is 11.6 Å². The van der Waals surface area contributed by atoms with E-state index < -0.39 is 0 Å². The fourth-order valence-electron chi connectivity index (χ4n) is 2.27. The molecule has 0 aliphatic rings. The van der Waals surface area contributed by atoms with Crippen LogP contribution in [-0.2, 0) is 16.0 Å². The van der Waals surface area contributed by atoms with Gasteiger partial charge in [-0.3, -0.25) is 4.79 Å². The van der Waals surface area contributed by atoms with Crippen molar-refractivity contribution in [2.24, 2.45) is 0 Å². The maximum atomic E-state index is 12.0. The van der Waals surface area contributed by atoms with E-state index in [1.165, 1.54) is 0 Å². The Morgan fingerprint density at radius 2 is 2.05 bits per heavy atom. The van der Waals surface area contributed by atoms with Crippen LogP contribution in [0, 0.1) is 6.92 Å². The quantitative estimate of drug-likeness (QED) is 0.621. The molecule has 1 aromatic carbocycles. The van der Waals surface area contributed by atoms with Gasteiger partial charge in [-0.1, -0.05) is 18.2 Å². The summed E-state index contributed by atoms with van der Waals surface area (Å²) in [6.07, 6.45) is 1.43. The van der Waals surface area contributed by atoms with E-state index in [2.05, 4.69) is 0 Å². The smallest absolute Gasteiger partial charge is 0.339 e. The number of hydrogen-bond donors (Lipinski definition) is 0. The van der Waals surface area contributed by atoms with Gasteiger partial charge < -0.3 is 9.15 Å². The van der Waals surface area contributed by atoms with Crippen molar-refractivity contribution in [3.8, 4) is 0 Å². The van der Waals surface area contributed by atoms with Gasteiger partial charge in [-0.05, 0) is 38.3 Å². The molecule has 0 spiro atoms. The van der Waals surface area contributed by atoms with Crippen LogP contribution in [0.1, 0.15) is 30.9 Å². The van der Waals surface area contributed by atoms with Gasteiger partial charge >= 0.3 is 11.6 Å². The van der Waals surface area contributed by atoms with Crippen molar-refractivity contribution in [3.05, 3.63) is 45.8 Å². The zero-order valence-corrected chi connectivity index (χ0v) is 11.8. The molecule has 0 radical (unpaired) electrons. The average molecular weight is 274 g/mol. The first-order valence-electron chi connectivity index (χ1n) is 6.80.